The molecule has 0 saturated heterocycles. The summed E-state index contributed by atoms with van der Waals surface area (Å²) in [6.07, 6.45) is 1.11. The van der Waals surface area contributed by atoms with Crippen LogP contribution in [0, 0.1) is 5.41 Å². The number of benzene rings is 1. The maximum atomic E-state index is 11.7. The Kier molecular flexibility index (Phi) is 4.26. The summed E-state index contributed by atoms with van der Waals surface area (Å²) in [5.41, 5.74) is 4.93. The van der Waals surface area contributed by atoms with Gasteiger partial charge in [0.25, 0.3) is 0 Å². The molecule has 92 valence electrons. The van der Waals surface area contributed by atoms with Crippen LogP contribution in [0.5, 0.6) is 0 Å². The van der Waals surface area contributed by atoms with Crippen LogP contribution in [-0.4, -0.2) is 11.8 Å². The molecule has 0 spiro atoms. The summed E-state index contributed by atoms with van der Waals surface area (Å²) >= 11 is 0. The topological polar surface area (TPSA) is 72.2 Å². The van der Waals surface area contributed by atoms with E-state index >= 15 is 0 Å². The highest BCUT2D eigenvalue weighted by Gasteiger charge is 2.55. The predicted octanol–water partition coefficient (Wildman–Crippen LogP) is 1.92. The van der Waals surface area contributed by atoms with Crippen molar-refractivity contribution >= 4 is 17.5 Å². The van der Waals surface area contributed by atoms with E-state index in [0.717, 1.165) is 0 Å². The van der Waals surface area contributed by atoms with E-state index in [4.69, 9.17) is 5.73 Å². The second-order valence-corrected chi connectivity index (χ2v) is 3.77. The molecule has 1 aromatic rings. The van der Waals surface area contributed by atoms with Gasteiger partial charge >= 0.3 is 0 Å². The fraction of sp³-hybridized carbons (Fsp3) is 0.385. The van der Waals surface area contributed by atoms with Crippen LogP contribution < -0.4 is 11.1 Å². The van der Waals surface area contributed by atoms with Crippen LogP contribution in [0.3, 0.4) is 0 Å². The Morgan fingerprint density at radius 3 is 2.12 bits per heavy atom. The lowest BCUT2D eigenvalue weighted by molar-refractivity contribution is -0.132. The van der Waals surface area contributed by atoms with E-state index in [2.05, 4.69) is 5.32 Å². The van der Waals surface area contributed by atoms with Gasteiger partial charge in [-0.25, -0.2) is 0 Å². The molecule has 1 saturated carbocycles. The molecule has 1 fully saturated rings. The number of amides is 2. The molecule has 2 rings (SSSR count). The van der Waals surface area contributed by atoms with Crippen LogP contribution in [0.25, 0.3) is 0 Å². The first kappa shape index (κ1) is 13.2. The van der Waals surface area contributed by atoms with E-state index in [9.17, 15) is 9.59 Å². The average molecular weight is 234 g/mol. The van der Waals surface area contributed by atoms with Crippen molar-refractivity contribution in [3.63, 3.8) is 0 Å². The number of para-hydroxylation sites is 1. The lowest BCUT2D eigenvalue weighted by Crippen LogP contribution is -2.36. The number of nitrogens with one attached hydrogen (secondary N) is 1. The molecule has 3 N–H and O–H groups in total. The number of hydrogen-bond acceptors (Lipinski definition) is 2. The molecule has 0 bridgehead atoms. The van der Waals surface area contributed by atoms with Gasteiger partial charge in [-0.15, -0.1) is 0 Å². The SMILES string of the molecule is CC.NC(=O)C1(C(=O)Nc2ccccc2)CC1. The van der Waals surface area contributed by atoms with Gasteiger partial charge in [0.05, 0.1) is 0 Å². The van der Waals surface area contributed by atoms with Gasteiger partial charge in [-0.2, -0.15) is 0 Å². The van der Waals surface area contributed by atoms with Gasteiger partial charge in [-0.05, 0) is 25.0 Å². The quantitative estimate of drug-likeness (QED) is 0.784. The van der Waals surface area contributed by atoms with E-state index in [-0.39, 0.29) is 5.91 Å². The highest BCUT2D eigenvalue weighted by atomic mass is 16.2. The first-order chi connectivity index (χ1) is 8.15. The summed E-state index contributed by atoms with van der Waals surface area (Å²) in [5, 5.41) is 2.69. The van der Waals surface area contributed by atoms with Crippen molar-refractivity contribution in [1.29, 1.82) is 0 Å². The Labute approximate surface area is 101 Å². The first-order valence-electron chi connectivity index (χ1n) is 5.81. The Morgan fingerprint density at radius 1 is 1.18 bits per heavy atom. The predicted molar refractivity (Wildman–Crippen MR) is 67.3 cm³/mol. The normalized spacial score (nSPS) is 15.2. The third-order valence-electron chi connectivity index (χ3n) is 2.69. The Balaban J connectivity index is 0.000000686. The molecule has 0 aliphatic heterocycles. The molecule has 4 heteroatoms. The molecule has 1 aliphatic rings. The average Bonchev–Trinajstić information content (AvgIpc) is 3.14. The third-order valence-corrected chi connectivity index (χ3v) is 2.69. The minimum Gasteiger partial charge on any atom is -0.369 e. The standard InChI is InChI=1S/C11H12N2O2.C2H6/c12-9(14)11(6-7-11)10(15)13-8-4-2-1-3-5-8;1-2/h1-5H,6-7H2,(H2,12,14)(H,13,15);1-2H3. The zero-order chi connectivity index (χ0) is 12.9. The smallest absolute Gasteiger partial charge is 0.240 e. The van der Waals surface area contributed by atoms with Crippen molar-refractivity contribution < 1.29 is 9.59 Å². The van der Waals surface area contributed by atoms with E-state index in [1.165, 1.54) is 0 Å². The maximum absolute atomic E-state index is 11.7. The lowest BCUT2D eigenvalue weighted by atomic mass is 10.1. The first-order valence-corrected chi connectivity index (χ1v) is 5.81. The minimum absolute atomic E-state index is 0.291. The van der Waals surface area contributed by atoms with Gasteiger partial charge in [0.2, 0.25) is 11.8 Å². The van der Waals surface area contributed by atoms with Crippen LogP contribution >= 0.6 is 0 Å². The van der Waals surface area contributed by atoms with Crippen LogP contribution in [0.2, 0.25) is 0 Å². The monoisotopic (exact) mass is 234 g/mol. The largest absolute Gasteiger partial charge is 0.369 e. The number of anilines is 1. The Bertz CT molecular complexity index is 397. The lowest BCUT2D eigenvalue weighted by Gasteiger charge is -2.11. The molecule has 2 amide bonds. The van der Waals surface area contributed by atoms with Gasteiger partial charge in [-0.1, -0.05) is 32.0 Å². The van der Waals surface area contributed by atoms with Gasteiger partial charge < -0.3 is 11.1 Å². The molecule has 0 aromatic heterocycles. The number of carbonyl (C=O) groups is 2. The molecule has 17 heavy (non-hydrogen) atoms. The molecule has 0 atom stereocenters. The van der Waals surface area contributed by atoms with Crippen molar-refractivity contribution in [3.8, 4) is 0 Å². The van der Waals surface area contributed by atoms with E-state index < -0.39 is 11.3 Å². The number of rotatable bonds is 3. The van der Waals surface area contributed by atoms with Gasteiger partial charge in [0.1, 0.15) is 5.41 Å². The summed E-state index contributed by atoms with van der Waals surface area (Å²) in [6.45, 7) is 4.00. The van der Waals surface area contributed by atoms with Crippen LogP contribution in [-0.2, 0) is 9.59 Å². The summed E-state index contributed by atoms with van der Waals surface area (Å²) in [6, 6.07) is 9.04. The zero-order valence-corrected chi connectivity index (χ0v) is 10.2. The Morgan fingerprint density at radius 2 is 1.71 bits per heavy atom. The molecular weight excluding hydrogens is 216 g/mol. The molecule has 0 radical (unpaired) electrons. The Hall–Kier alpha value is -1.84. The van der Waals surface area contributed by atoms with Crippen LogP contribution in [0.1, 0.15) is 26.7 Å². The highest BCUT2D eigenvalue weighted by molar-refractivity contribution is 6.12. The van der Waals surface area contributed by atoms with Crippen molar-refractivity contribution in [3.05, 3.63) is 30.3 Å². The van der Waals surface area contributed by atoms with Crippen LogP contribution in [0.15, 0.2) is 30.3 Å². The highest BCUT2D eigenvalue weighted by Crippen LogP contribution is 2.46. The summed E-state index contributed by atoms with van der Waals surface area (Å²) < 4.78 is 0. The van der Waals surface area contributed by atoms with Gasteiger partial charge in [0, 0.05) is 5.69 Å². The number of hydrogen-bond donors (Lipinski definition) is 2. The maximum Gasteiger partial charge on any atom is 0.240 e. The van der Waals surface area contributed by atoms with Gasteiger partial charge in [-0.3, -0.25) is 9.59 Å². The summed E-state index contributed by atoms with van der Waals surface area (Å²) in [7, 11) is 0. The number of primary amides is 1. The van der Waals surface area contributed by atoms with Gasteiger partial charge in [0.15, 0.2) is 0 Å². The zero-order valence-electron chi connectivity index (χ0n) is 10.2. The van der Waals surface area contributed by atoms with Crippen LogP contribution in [0.4, 0.5) is 5.69 Å². The van der Waals surface area contributed by atoms with Crippen molar-refractivity contribution in [1.82, 2.24) is 0 Å². The molecule has 1 aromatic carbocycles. The fourth-order valence-electron chi connectivity index (χ4n) is 1.48. The molecule has 4 nitrogen and oxygen atoms in total. The molecule has 0 heterocycles. The third kappa shape index (κ3) is 2.84. The minimum atomic E-state index is -0.949. The fourth-order valence-corrected chi connectivity index (χ4v) is 1.48. The number of carbonyl (C=O) groups excluding carboxylic acids is 2. The van der Waals surface area contributed by atoms with Crippen molar-refractivity contribution in [2.24, 2.45) is 11.1 Å². The second-order valence-electron chi connectivity index (χ2n) is 3.77. The summed E-state index contributed by atoms with van der Waals surface area (Å²) in [5.74, 6) is -0.822. The van der Waals surface area contributed by atoms with E-state index in [1.54, 1.807) is 12.1 Å². The molecule has 0 unspecified atom stereocenters. The van der Waals surface area contributed by atoms with Crippen molar-refractivity contribution in [2.75, 3.05) is 5.32 Å². The second kappa shape index (κ2) is 5.48. The molecular formula is C13H18N2O2. The summed E-state index contributed by atoms with van der Waals surface area (Å²) in [4.78, 5) is 22.8. The van der Waals surface area contributed by atoms with E-state index in [1.807, 2.05) is 32.0 Å². The molecule has 1 aliphatic carbocycles. The number of nitrogens with two attached hydrogens (primary N) is 1. The van der Waals surface area contributed by atoms with Crippen molar-refractivity contribution in [2.45, 2.75) is 26.7 Å². The van der Waals surface area contributed by atoms with E-state index in [0.29, 0.717) is 18.5 Å².